The molecule has 0 saturated carbocycles. The highest BCUT2D eigenvalue weighted by atomic mass is 16.6. The zero-order valence-electron chi connectivity index (χ0n) is 14.4. The Balaban J connectivity index is 1.31. The monoisotopic (exact) mass is 332 g/mol. The van der Waals surface area contributed by atoms with Gasteiger partial charge in [0.05, 0.1) is 12.2 Å². The van der Waals surface area contributed by atoms with Gasteiger partial charge in [0.1, 0.15) is 6.10 Å². The standard InChI is InChI=1S/C19H28N2O3/c1-2-8-20-18(4-1)24-17-12-19(23-14-17)7-3-9-21(15-19)13-16-5-10-22-11-6-16/h1-2,4,8,16-17H,3,5-7,9-15H2/t17-,19+/m1/s1. The molecule has 3 saturated heterocycles. The predicted octanol–water partition coefficient (Wildman–Crippen LogP) is 2.51. The van der Waals surface area contributed by atoms with E-state index in [9.17, 15) is 0 Å². The van der Waals surface area contributed by atoms with Crippen LogP contribution >= 0.6 is 0 Å². The summed E-state index contributed by atoms with van der Waals surface area (Å²) in [5.74, 6) is 1.49. The number of aromatic nitrogens is 1. The van der Waals surface area contributed by atoms with Crippen LogP contribution in [-0.4, -0.2) is 61.0 Å². The van der Waals surface area contributed by atoms with E-state index in [2.05, 4.69) is 9.88 Å². The molecule has 0 N–H and O–H groups in total. The Morgan fingerprint density at radius 3 is 3.04 bits per heavy atom. The minimum Gasteiger partial charge on any atom is -0.472 e. The SMILES string of the molecule is c1ccc(O[C@H]2CO[C@@]3(CCCN(CC4CCOCC4)C3)C2)nc1. The molecule has 3 aliphatic rings. The van der Waals surface area contributed by atoms with Crippen LogP contribution in [0.25, 0.3) is 0 Å². The third-order valence-corrected chi connectivity index (χ3v) is 5.58. The second-order valence-electron chi connectivity index (χ2n) is 7.50. The number of likely N-dealkylation sites (tertiary alicyclic amines) is 1. The first kappa shape index (κ1) is 16.3. The lowest BCUT2D eigenvalue weighted by Gasteiger charge is -2.41. The smallest absolute Gasteiger partial charge is 0.213 e. The van der Waals surface area contributed by atoms with E-state index in [0.717, 1.165) is 38.5 Å². The van der Waals surface area contributed by atoms with Gasteiger partial charge >= 0.3 is 0 Å². The first-order valence-electron chi connectivity index (χ1n) is 9.33. The van der Waals surface area contributed by atoms with Crippen molar-refractivity contribution in [2.24, 2.45) is 5.92 Å². The summed E-state index contributed by atoms with van der Waals surface area (Å²) in [6.07, 6.45) is 7.66. The van der Waals surface area contributed by atoms with Crippen LogP contribution in [0.15, 0.2) is 24.4 Å². The van der Waals surface area contributed by atoms with E-state index >= 15 is 0 Å². The molecule has 4 rings (SSSR count). The summed E-state index contributed by atoms with van der Waals surface area (Å²) < 4.78 is 17.8. The van der Waals surface area contributed by atoms with Crippen molar-refractivity contribution in [3.05, 3.63) is 24.4 Å². The van der Waals surface area contributed by atoms with Crippen LogP contribution in [0.2, 0.25) is 0 Å². The summed E-state index contributed by atoms with van der Waals surface area (Å²) >= 11 is 0. The van der Waals surface area contributed by atoms with Gasteiger partial charge in [0, 0.05) is 45.0 Å². The van der Waals surface area contributed by atoms with Gasteiger partial charge in [0.15, 0.2) is 0 Å². The fraction of sp³-hybridized carbons (Fsp3) is 0.737. The molecule has 0 aromatic carbocycles. The third-order valence-electron chi connectivity index (χ3n) is 5.58. The third kappa shape index (κ3) is 3.90. The van der Waals surface area contributed by atoms with E-state index in [-0.39, 0.29) is 11.7 Å². The fourth-order valence-corrected chi connectivity index (χ4v) is 4.39. The maximum atomic E-state index is 6.27. The lowest BCUT2D eigenvalue weighted by molar-refractivity contribution is -0.0584. The van der Waals surface area contributed by atoms with E-state index in [1.54, 1.807) is 6.20 Å². The van der Waals surface area contributed by atoms with Crippen LogP contribution in [-0.2, 0) is 9.47 Å². The Morgan fingerprint density at radius 2 is 2.21 bits per heavy atom. The average Bonchev–Trinajstić information content (AvgIpc) is 2.98. The van der Waals surface area contributed by atoms with Crippen LogP contribution < -0.4 is 4.74 Å². The summed E-state index contributed by atoms with van der Waals surface area (Å²) in [4.78, 5) is 6.88. The van der Waals surface area contributed by atoms with Gasteiger partial charge in [0.25, 0.3) is 0 Å². The van der Waals surface area contributed by atoms with Gasteiger partial charge in [0.2, 0.25) is 5.88 Å². The summed E-state index contributed by atoms with van der Waals surface area (Å²) in [5, 5.41) is 0. The van der Waals surface area contributed by atoms with Gasteiger partial charge in [-0.05, 0) is 44.2 Å². The molecule has 24 heavy (non-hydrogen) atoms. The van der Waals surface area contributed by atoms with Crippen molar-refractivity contribution in [2.75, 3.05) is 39.5 Å². The molecule has 1 aromatic rings. The van der Waals surface area contributed by atoms with Crippen LogP contribution in [0, 0.1) is 5.92 Å². The maximum absolute atomic E-state index is 6.27. The second kappa shape index (κ2) is 7.38. The molecule has 2 atom stereocenters. The van der Waals surface area contributed by atoms with Gasteiger partial charge in [-0.1, -0.05) is 6.07 Å². The lowest BCUT2D eigenvalue weighted by Crippen LogP contribution is -2.49. The Bertz CT molecular complexity index is 521. The average molecular weight is 332 g/mol. The molecule has 4 heterocycles. The van der Waals surface area contributed by atoms with Crippen LogP contribution in [0.4, 0.5) is 0 Å². The highest BCUT2D eigenvalue weighted by Crippen LogP contribution is 2.36. The molecule has 3 aliphatic heterocycles. The minimum absolute atomic E-state index is 0.0110. The molecule has 3 fully saturated rings. The number of piperidine rings is 1. The topological polar surface area (TPSA) is 43.8 Å². The van der Waals surface area contributed by atoms with Gasteiger partial charge in [-0.15, -0.1) is 0 Å². The lowest BCUT2D eigenvalue weighted by atomic mass is 9.88. The second-order valence-corrected chi connectivity index (χ2v) is 7.50. The van der Waals surface area contributed by atoms with Crippen molar-refractivity contribution in [1.82, 2.24) is 9.88 Å². The number of hydrogen-bond acceptors (Lipinski definition) is 5. The van der Waals surface area contributed by atoms with E-state index < -0.39 is 0 Å². The molecule has 0 unspecified atom stereocenters. The Labute approximate surface area is 144 Å². The van der Waals surface area contributed by atoms with Crippen molar-refractivity contribution < 1.29 is 14.2 Å². The van der Waals surface area contributed by atoms with Crippen molar-refractivity contribution in [3.63, 3.8) is 0 Å². The molecule has 0 bridgehead atoms. The number of ether oxygens (including phenoxy) is 3. The number of hydrogen-bond donors (Lipinski definition) is 0. The normalized spacial score (nSPS) is 32.2. The van der Waals surface area contributed by atoms with Gasteiger partial charge in [-0.3, -0.25) is 0 Å². The quantitative estimate of drug-likeness (QED) is 0.848. The zero-order chi connectivity index (χ0) is 16.2. The Hall–Kier alpha value is -1.17. The molecule has 1 spiro atoms. The highest BCUT2D eigenvalue weighted by molar-refractivity contribution is 5.10. The van der Waals surface area contributed by atoms with Crippen molar-refractivity contribution >= 4 is 0 Å². The van der Waals surface area contributed by atoms with Crippen molar-refractivity contribution in [2.45, 2.75) is 43.8 Å². The van der Waals surface area contributed by atoms with E-state index in [1.165, 1.54) is 32.4 Å². The summed E-state index contributed by atoms with van der Waals surface area (Å²) in [5.41, 5.74) is -0.0110. The first-order valence-corrected chi connectivity index (χ1v) is 9.33. The molecule has 0 amide bonds. The molecular weight excluding hydrogens is 304 g/mol. The molecule has 5 heteroatoms. The number of rotatable bonds is 4. The summed E-state index contributed by atoms with van der Waals surface area (Å²) in [6, 6.07) is 5.79. The predicted molar refractivity (Wildman–Crippen MR) is 91.2 cm³/mol. The van der Waals surface area contributed by atoms with Crippen molar-refractivity contribution in [3.8, 4) is 5.88 Å². The summed E-state index contributed by atoms with van der Waals surface area (Å²) in [6.45, 7) is 5.99. The fourth-order valence-electron chi connectivity index (χ4n) is 4.39. The molecule has 0 radical (unpaired) electrons. The molecule has 132 valence electrons. The van der Waals surface area contributed by atoms with E-state index in [0.29, 0.717) is 12.5 Å². The molecule has 0 aliphatic carbocycles. The van der Waals surface area contributed by atoms with Crippen LogP contribution in [0.1, 0.15) is 32.1 Å². The highest BCUT2D eigenvalue weighted by Gasteiger charge is 2.44. The zero-order valence-corrected chi connectivity index (χ0v) is 14.4. The van der Waals surface area contributed by atoms with Gasteiger partial charge < -0.3 is 19.1 Å². The Morgan fingerprint density at radius 1 is 1.29 bits per heavy atom. The largest absolute Gasteiger partial charge is 0.472 e. The first-order chi connectivity index (χ1) is 11.8. The molecule has 1 aromatic heterocycles. The maximum Gasteiger partial charge on any atom is 0.213 e. The van der Waals surface area contributed by atoms with Crippen molar-refractivity contribution in [1.29, 1.82) is 0 Å². The Kier molecular flexibility index (Phi) is 5.01. The number of pyridine rings is 1. The van der Waals surface area contributed by atoms with Gasteiger partial charge in [-0.2, -0.15) is 0 Å². The van der Waals surface area contributed by atoms with E-state index in [1.807, 2.05) is 18.2 Å². The molecular formula is C19H28N2O3. The minimum atomic E-state index is -0.0110. The van der Waals surface area contributed by atoms with Gasteiger partial charge in [-0.25, -0.2) is 4.98 Å². The van der Waals surface area contributed by atoms with Crippen LogP contribution in [0.3, 0.4) is 0 Å². The van der Waals surface area contributed by atoms with Crippen LogP contribution in [0.5, 0.6) is 5.88 Å². The van der Waals surface area contributed by atoms with E-state index in [4.69, 9.17) is 14.2 Å². The number of nitrogens with zero attached hydrogens (tertiary/aromatic N) is 2. The molecule has 5 nitrogen and oxygen atoms in total. The summed E-state index contributed by atoms with van der Waals surface area (Å²) in [7, 11) is 0.